The zero-order valence-electron chi connectivity index (χ0n) is 9.78. The number of hydrogen-bond acceptors (Lipinski definition) is 5. The van der Waals surface area contributed by atoms with Gasteiger partial charge in [0, 0.05) is 18.2 Å². The number of nitro groups is 1. The van der Waals surface area contributed by atoms with Gasteiger partial charge in [0.25, 0.3) is 5.69 Å². The second-order valence-electron chi connectivity index (χ2n) is 3.76. The number of para-hydroxylation sites is 1. The van der Waals surface area contributed by atoms with E-state index in [0.29, 0.717) is 5.56 Å². The van der Waals surface area contributed by atoms with Crippen molar-refractivity contribution in [3.8, 4) is 0 Å². The minimum Gasteiger partial charge on any atom is -0.481 e. The van der Waals surface area contributed by atoms with E-state index < -0.39 is 29.3 Å². The molecular formula is C11H12N2O6. The van der Waals surface area contributed by atoms with E-state index in [-0.39, 0.29) is 12.2 Å². The van der Waals surface area contributed by atoms with Gasteiger partial charge in [0.1, 0.15) is 6.04 Å². The Morgan fingerprint density at radius 1 is 1.32 bits per heavy atom. The fourth-order valence-electron chi connectivity index (χ4n) is 1.49. The van der Waals surface area contributed by atoms with Crippen LogP contribution >= 0.6 is 0 Å². The highest BCUT2D eigenvalue weighted by molar-refractivity contribution is 5.80. The van der Waals surface area contributed by atoms with E-state index in [1.807, 2.05) is 0 Å². The first kappa shape index (κ1) is 14.6. The molecule has 1 rings (SSSR count). The number of hydrogen-bond donors (Lipinski definition) is 3. The standard InChI is InChI=1S/C11H12N2O6/c14-10(15)5-8(11(16)17)12-6-7-3-1-2-4-9(7)13(18)19/h1-4,8,12H,5-6H2,(H,14,15)(H,16,17)/t8-/m0/s1. The molecule has 102 valence electrons. The second kappa shape index (κ2) is 6.45. The van der Waals surface area contributed by atoms with Gasteiger partial charge in [-0.25, -0.2) is 0 Å². The maximum absolute atomic E-state index is 10.8. The Bertz CT molecular complexity index is 502. The van der Waals surface area contributed by atoms with Gasteiger partial charge in [-0.3, -0.25) is 25.0 Å². The van der Waals surface area contributed by atoms with E-state index in [9.17, 15) is 19.7 Å². The highest BCUT2D eigenvalue weighted by Gasteiger charge is 2.21. The molecule has 0 radical (unpaired) electrons. The largest absolute Gasteiger partial charge is 0.481 e. The minimum absolute atomic E-state index is 0.0958. The molecule has 0 amide bonds. The quantitative estimate of drug-likeness (QED) is 0.488. The Kier molecular flexibility index (Phi) is 4.95. The number of aliphatic carboxylic acids is 2. The van der Waals surface area contributed by atoms with Crippen molar-refractivity contribution >= 4 is 17.6 Å². The maximum atomic E-state index is 10.8. The molecule has 0 bridgehead atoms. The number of carbonyl (C=O) groups is 2. The molecule has 8 heteroatoms. The number of nitrogens with one attached hydrogen (secondary N) is 1. The zero-order chi connectivity index (χ0) is 14.4. The molecule has 0 unspecified atom stereocenters. The monoisotopic (exact) mass is 268 g/mol. The van der Waals surface area contributed by atoms with Gasteiger partial charge in [0.15, 0.2) is 0 Å². The van der Waals surface area contributed by atoms with E-state index in [1.165, 1.54) is 18.2 Å². The second-order valence-corrected chi connectivity index (χ2v) is 3.76. The molecule has 0 aliphatic rings. The third kappa shape index (κ3) is 4.36. The molecule has 3 N–H and O–H groups in total. The summed E-state index contributed by atoms with van der Waals surface area (Å²) in [6, 6.07) is 4.55. The summed E-state index contributed by atoms with van der Waals surface area (Å²) in [5, 5.41) is 30.6. The normalized spacial score (nSPS) is 11.8. The molecule has 1 aromatic carbocycles. The van der Waals surface area contributed by atoms with Crippen molar-refractivity contribution in [3.63, 3.8) is 0 Å². The molecule has 0 aliphatic carbocycles. The summed E-state index contributed by atoms with van der Waals surface area (Å²) < 4.78 is 0. The van der Waals surface area contributed by atoms with Crippen LogP contribution in [-0.4, -0.2) is 33.1 Å². The first-order chi connectivity index (χ1) is 8.91. The van der Waals surface area contributed by atoms with Crippen LogP contribution < -0.4 is 5.32 Å². The van der Waals surface area contributed by atoms with Crippen molar-refractivity contribution in [3.05, 3.63) is 39.9 Å². The topological polar surface area (TPSA) is 130 Å². The number of rotatable bonds is 7. The van der Waals surface area contributed by atoms with Crippen LogP contribution in [-0.2, 0) is 16.1 Å². The summed E-state index contributed by atoms with van der Waals surface area (Å²) in [5.41, 5.74) is 0.151. The molecule has 0 spiro atoms. The summed E-state index contributed by atoms with van der Waals surface area (Å²) in [6.07, 6.45) is -0.601. The minimum atomic E-state index is -1.32. The van der Waals surface area contributed by atoms with Crippen molar-refractivity contribution < 1.29 is 24.7 Å². The first-order valence-electron chi connectivity index (χ1n) is 5.32. The Balaban J connectivity index is 2.77. The maximum Gasteiger partial charge on any atom is 0.321 e. The zero-order valence-corrected chi connectivity index (χ0v) is 9.78. The van der Waals surface area contributed by atoms with Gasteiger partial charge in [0.05, 0.1) is 11.3 Å². The fourth-order valence-corrected chi connectivity index (χ4v) is 1.49. The number of carboxylic acid groups (broad SMARTS) is 2. The molecule has 0 heterocycles. The van der Waals surface area contributed by atoms with Crippen LogP contribution in [0.1, 0.15) is 12.0 Å². The Morgan fingerprint density at radius 2 is 1.95 bits per heavy atom. The molecule has 0 fully saturated rings. The molecule has 0 saturated carbocycles. The smallest absolute Gasteiger partial charge is 0.321 e. The van der Waals surface area contributed by atoms with Crippen LogP contribution in [0, 0.1) is 10.1 Å². The Hall–Kier alpha value is -2.48. The number of carboxylic acids is 2. The highest BCUT2D eigenvalue weighted by Crippen LogP contribution is 2.17. The van der Waals surface area contributed by atoms with Crippen LogP contribution in [0.5, 0.6) is 0 Å². The molecular weight excluding hydrogens is 256 g/mol. The van der Waals surface area contributed by atoms with Gasteiger partial charge in [-0.2, -0.15) is 0 Å². The Labute approximate surface area is 107 Å². The van der Waals surface area contributed by atoms with Crippen molar-refractivity contribution in [2.45, 2.75) is 19.0 Å². The van der Waals surface area contributed by atoms with Crippen LogP contribution in [0.25, 0.3) is 0 Å². The van der Waals surface area contributed by atoms with Gasteiger partial charge >= 0.3 is 11.9 Å². The van der Waals surface area contributed by atoms with Crippen molar-refractivity contribution in [1.29, 1.82) is 0 Å². The summed E-state index contributed by atoms with van der Waals surface area (Å²) in [6.45, 7) is -0.0958. The van der Waals surface area contributed by atoms with Crippen LogP contribution in [0.15, 0.2) is 24.3 Å². The van der Waals surface area contributed by atoms with E-state index in [1.54, 1.807) is 6.07 Å². The lowest BCUT2D eigenvalue weighted by molar-refractivity contribution is -0.385. The average Bonchev–Trinajstić information content (AvgIpc) is 2.34. The van der Waals surface area contributed by atoms with Gasteiger partial charge in [0.2, 0.25) is 0 Å². The van der Waals surface area contributed by atoms with Crippen LogP contribution in [0.2, 0.25) is 0 Å². The van der Waals surface area contributed by atoms with E-state index in [0.717, 1.165) is 0 Å². The molecule has 0 saturated heterocycles. The Morgan fingerprint density at radius 3 is 2.47 bits per heavy atom. The lowest BCUT2D eigenvalue weighted by atomic mass is 10.1. The fraction of sp³-hybridized carbons (Fsp3) is 0.273. The van der Waals surface area contributed by atoms with Crippen molar-refractivity contribution in [2.75, 3.05) is 0 Å². The van der Waals surface area contributed by atoms with Crippen molar-refractivity contribution in [1.82, 2.24) is 5.32 Å². The third-order valence-corrected chi connectivity index (χ3v) is 2.40. The van der Waals surface area contributed by atoms with Gasteiger partial charge in [-0.15, -0.1) is 0 Å². The number of nitro benzene ring substituents is 1. The first-order valence-corrected chi connectivity index (χ1v) is 5.32. The summed E-state index contributed by atoms with van der Waals surface area (Å²) in [7, 11) is 0. The molecule has 0 aliphatic heterocycles. The summed E-state index contributed by atoms with van der Waals surface area (Å²) in [4.78, 5) is 31.5. The summed E-state index contributed by atoms with van der Waals surface area (Å²) >= 11 is 0. The van der Waals surface area contributed by atoms with E-state index in [4.69, 9.17) is 10.2 Å². The lowest BCUT2D eigenvalue weighted by Crippen LogP contribution is -2.38. The molecule has 1 aromatic rings. The van der Waals surface area contributed by atoms with Gasteiger partial charge < -0.3 is 10.2 Å². The van der Waals surface area contributed by atoms with E-state index in [2.05, 4.69) is 5.32 Å². The van der Waals surface area contributed by atoms with E-state index >= 15 is 0 Å². The number of benzene rings is 1. The predicted octanol–water partition coefficient (Wildman–Crippen LogP) is 0.612. The molecule has 8 nitrogen and oxygen atoms in total. The molecule has 1 atom stereocenters. The average molecular weight is 268 g/mol. The SMILES string of the molecule is O=C(O)C[C@H](NCc1ccccc1[N+](=O)[O-])C(=O)O. The van der Waals surface area contributed by atoms with Crippen LogP contribution in [0.3, 0.4) is 0 Å². The third-order valence-electron chi connectivity index (χ3n) is 2.40. The van der Waals surface area contributed by atoms with Gasteiger partial charge in [-0.1, -0.05) is 18.2 Å². The highest BCUT2D eigenvalue weighted by atomic mass is 16.6. The number of nitrogens with zero attached hydrogens (tertiary/aromatic N) is 1. The van der Waals surface area contributed by atoms with Gasteiger partial charge in [-0.05, 0) is 0 Å². The molecule has 0 aromatic heterocycles. The lowest BCUT2D eigenvalue weighted by Gasteiger charge is -2.12. The van der Waals surface area contributed by atoms with Crippen molar-refractivity contribution in [2.24, 2.45) is 0 Å². The van der Waals surface area contributed by atoms with Crippen LogP contribution in [0.4, 0.5) is 5.69 Å². The summed E-state index contributed by atoms with van der Waals surface area (Å²) in [5.74, 6) is -2.58. The molecule has 19 heavy (non-hydrogen) atoms. The predicted molar refractivity (Wildman–Crippen MR) is 63.6 cm³/mol.